The van der Waals surface area contributed by atoms with Gasteiger partial charge in [-0.2, -0.15) is 0 Å². The maximum Gasteiger partial charge on any atom is 0.251 e. The van der Waals surface area contributed by atoms with Crippen LogP contribution in [0.2, 0.25) is 0 Å². The molecular weight excluding hydrogens is 328 g/mol. The van der Waals surface area contributed by atoms with Crippen LogP contribution in [0, 0.1) is 0 Å². The van der Waals surface area contributed by atoms with Gasteiger partial charge in [-0.25, -0.2) is 8.42 Å². The second-order valence-electron chi connectivity index (χ2n) is 6.46. The van der Waals surface area contributed by atoms with Crippen molar-refractivity contribution in [2.24, 2.45) is 0 Å². The minimum Gasteiger partial charge on any atom is -0.368 e. The minimum atomic E-state index is -3.16. The van der Waals surface area contributed by atoms with Crippen LogP contribution in [0.3, 0.4) is 0 Å². The number of anilines is 1. The van der Waals surface area contributed by atoms with Gasteiger partial charge in [0.05, 0.1) is 17.5 Å². The SMILES string of the molecule is CC(c1ccc(N2CCCS2(=O)=O)cc1)N(C)C(=O)C1CCCO1. The zero-order chi connectivity index (χ0) is 17.3. The highest BCUT2D eigenvalue weighted by molar-refractivity contribution is 7.93. The lowest BCUT2D eigenvalue weighted by molar-refractivity contribution is -0.141. The number of amides is 1. The Labute approximate surface area is 143 Å². The van der Waals surface area contributed by atoms with Crippen LogP contribution >= 0.6 is 0 Å². The molecule has 3 rings (SSSR count). The number of carbonyl (C=O) groups is 1. The predicted octanol–water partition coefficient (Wildman–Crippen LogP) is 1.92. The van der Waals surface area contributed by atoms with Crippen LogP contribution in [0.25, 0.3) is 0 Å². The van der Waals surface area contributed by atoms with Gasteiger partial charge < -0.3 is 9.64 Å². The monoisotopic (exact) mass is 352 g/mol. The van der Waals surface area contributed by atoms with Gasteiger partial charge >= 0.3 is 0 Å². The summed E-state index contributed by atoms with van der Waals surface area (Å²) in [6, 6.07) is 7.34. The first-order valence-corrected chi connectivity index (χ1v) is 10.00. The molecule has 0 radical (unpaired) electrons. The van der Waals surface area contributed by atoms with Gasteiger partial charge in [0.25, 0.3) is 5.91 Å². The van der Waals surface area contributed by atoms with Gasteiger partial charge in [0.2, 0.25) is 10.0 Å². The van der Waals surface area contributed by atoms with E-state index < -0.39 is 10.0 Å². The van der Waals surface area contributed by atoms with Gasteiger partial charge in [-0.05, 0) is 43.9 Å². The normalized spacial score (nSPS) is 24.1. The van der Waals surface area contributed by atoms with Crippen molar-refractivity contribution < 1.29 is 17.9 Å². The van der Waals surface area contributed by atoms with Crippen LogP contribution in [0.1, 0.15) is 37.8 Å². The maximum atomic E-state index is 12.4. The molecule has 24 heavy (non-hydrogen) atoms. The van der Waals surface area contributed by atoms with Crippen molar-refractivity contribution in [3.63, 3.8) is 0 Å². The van der Waals surface area contributed by atoms with Crippen molar-refractivity contribution >= 4 is 21.6 Å². The highest BCUT2D eigenvalue weighted by atomic mass is 32.2. The average molecular weight is 352 g/mol. The molecule has 0 bridgehead atoms. The van der Waals surface area contributed by atoms with Crippen LogP contribution in [-0.2, 0) is 19.6 Å². The molecule has 7 heteroatoms. The summed E-state index contributed by atoms with van der Waals surface area (Å²) in [4.78, 5) is 14.1. The quantitative estimate of drug-likeness (QED) is 0.830. The zero-order valence-corrected chi connectivity index (χ0v) is 15.0. The fraction of sp³-hybridized carbons (Fsp3) is 0.588. The van der Waals surface area contributed by atoms with Crippen molar-refractivity contribution in [2.75, 3.05) is 30.3 Å². The number of hydrogen-bond acceptors (Lipinski definition) is 4. The Morgan fingerprint density at radius 1 is 1.29 bits per heavy atom. The molecule has 0 spiro atoms. The van der Waals surface area contributed by atoms with Crippen LogP contribution in [-0.4, -0.2) is 51.3 Å². The van der Waals surface area contributed by atoms with Crippen molar-refractivity contribution in [3.05, 3.63) is 29.8 Å². The molecule has 2 heterocycles. The molecule has 132 valence electrons. The summed E-state index contributed by atoms with van der Waals surface area (Å²) in [6.45, 7) is 3.15. The zero-order valence-electron chi connectivity index (χ0n) is 14.1. The standard InChI is InChI=1S/C17H24N2O4S/c1-13(18(2)17(20)16-5-3-11-23-16)14-6-8-15(9-7-14)19-10-4-12-24(19,21)22/h6-9,13,16H,3-5,10-12H2,1-2H3. The second kappa shape index (κ2) is 6.72. The Bertz CT molecular complexity index is 696. The largest absolute Gasteiger partial charge is 0.368 e. The summed E-state index contributed by atoms with van der Waals surface area (Å²) < 4.78 is 30.9. The lowest BCUT2D eigenvalue weighted by Crippen LogP contribution is -2.37. The van der Waals surface area contributed by atoms with E-state index in [9.17, 15) is 13.2 Å². The molecule has 1 aromatic carbocycles. The van der Waals surface area contributed by atoms with E-state index in [2.05, 4.69) is 0 Å². The molecule has 0 N–H and O–H groups in total. The number of sulfonamides is 1. The van der Waals surface area contributed by atoms with Crippen molar-refractivity contribution in [3.8, 4) is 0 Å². The van der Waals surface area contributed by atoms with Gasteiger partial charge in [0, 0.05) is 20.2 Å². The number of hydrogen-bond donors (Lipinski definition) is 0. The van der Waals surface area contributed by atoms with E-state index in [1.54, 1.807) is 11.9 Å². The van der Waals surface area contributed by atoms with Gasteiger partial charge in [-0.15, -0.1) is 0 Å². The molecule has 0 saturated carbocycles. The summed E-state index contributed by atoms with van der Waals surface area (Å²) in [5.74, 6) is 0.218. The van der Waals surface area contributed by atoms with Gasteiger partial charge in [0.1, 0.15) is 6.10 Å². The van der Waals surface area contributed by atoms with Crippen LogP contribution < -0.4 is 4.31 Å². The van der Waals surface area contributed by atoms with Crippen LogP contribution in [0.4, 0.5) is 5.69 Å². The van der Waals surface area contributed by atoms with E-state index >= 15 is 0 Å². The molecule has 2 aliphatic rings. The number of carbonyl (C=O) groups excluding carboxylic acids is 1. The van der Waals surface area contributed by atoms with Crippen LogP contribution in [0.15, 0.2) is 24.3 Å². The average Bonchev–Trinajstić information content (AvgIpc) is 3.22. The number of likely N-dealkylation sites (N-methyl/N-ethyl adjacent to an activating group) is 1. The summed E-state index contributed by atoms with van der Waals surface area (Å²) >= 11 is 0. The topological polar surface area (TPSA) is 66.9 Å². The number of ether oxygens (including phenoxy) is 1. The highest BCUT2D eigenvalue weighted by Crippen LogP contribution is 2.28. The van der Waals surface area contributed by atoms with Gasteiger partial charge in [-0.3, -0.25) is 9.10 Å². The van der Waals surface area contributed by atoms with Crippen LogP contribution in [0.5, 0.6) is 0 Å². The second-order valence-corrected chi connectivity index (χ2v) is 8.47. The molecule has 2 atom stereocenters. The van der Waals surface area contributed by atoms with Gasteiger partial charge in [-0.1, -0.05) is 12.1 Å². The Balaban J connectivity index is 1.71. The van der Waals surface area contributed by atoms with E-state index in [-0.39, 0.29) is 23.8 Å². The fourth-order valence-electron chi connectivity index (χ4n) is 3.26. The molecule has 2 unspecified atom stereocenters. The first-order valence-electron chi connectivity index (χ1n) is 8.39. The van der Waals surface area contributed by atoms with E-state index in [0.717, 1.165) is 18.4 Å². The lowest BCUT2D eigenvalue weighted by atomic mass is 10.1. The van der Waals surface area contributed by atoms with Crippen molar-refractivity contribution in [2.45, 2.75) is 38.3 Å². The molecule has 0 aromatic heterocycles. The Hall–Kier alpha value is -1.60. The molecule has 2 aliphatic heterocycles. The maximum absolute atomic E-state index is 12.4. The van der Waals surface area contributed by atoms with E-state index in [0.29, 0.717) is 25.3 Å². The number of benzene rings is 1. The van der Waals surface area contributed by atoms with Crippen molar-refractivity contribution in [1.29, 1.82) is 0 Å². The number of nitrogens with zero attached hydrogens (tertiary/aromatic N) is 2. The molecule has 6 nitrogen and oxygen atoms in total. The first kappa shape index (κ1) is 17.2. The summed E-state index contributed by atoms with van der Waals surface area (Å²) in [5.41, 5.74) is 1.67. The third kappa shape index (κ3) is 3.28. The smallest absolute Gasteiger partial charge is 0.251 e. The van der Waals surface area contributed by atoms with E-state index in [4.69, 9.17) is 4.74 Å². The fourth-order valence-corrected chi connectivity index (χ4v) is 4.83. The summed E-state index contributed by atoms with van der Waals surface area (Å²) in [6.07, 6.45) is 2.05. The lowest BCUT2D eigenvalue weighted by Gasteiger charge is -2.28. The molecule has 0 aliphatic carbocycles. The Kier molecular flexibility index (Phi) is 4.83. The molecule has 1 aromatic rings. The Morgan fingerprint density at radius 3 is 2.54 bits per heavy atom. The molecule has 2 saturated heterocycles. The van der Waals surface area contributed by atoms with E-state index in [1.165, 1.54) is 4.31 Å². The van der Waals surface area contributed by atoms with Crippen molar-refractivity contribution in [1.82, 2.24) is 4.90 Å². The summed E-state index contributed by atoms with van der Waals surface area (Å²) in [7, 11) is -1.38. The molecular formula is C17H24N2O4S. The number of rotatable bonds is 4. The predicted molar refractivity (Wildman–Crippen MR) is 92.4 cm³/mol. The van der Waals surface area contributed by atoms with Gasteiger partial charge in [0.15, 0.2) is 0 Å². The summed E-state index contributed by atoms with van der Waals surface area (Å²) in [5, 5.41) is 0. The Morgan fingerprint density at radius 2 is 2.00 bits per heavy atom. The highest BCUT2D eigenvalue weighted by Gasteiger charge is 2.30. The first-order chi connectivity index (χ1) is 11.4. The molecule has 1 amide bonds. The third-order valence-corrected chi connectivity index (χ3v) is 6.77. The third-order valence-electron chi connectivity index (χ3n) is 4.90. The van der Waals surface area contributed by atoms with E-state index in [1.807, 2.05) is 31.2 Å². The molecule has 2 fully saturated rings. The minimum absolute atomic E-state index is 0.00574.